The van der Waals surface area contributed by atoms with Gasteiger partial charge in [0.1, 0.15) is 0 Å². The van der Waals surface area contributed by atoms with Gasteiger partial charge in [0.2, 0.25) is 0 Å². The molecule has 2 aliphatic heterocycles. The van der Waals surface area contributed by atoms with Crippen LogP contribution in [0.5, 0.6) is 0 Å². The quantitative estimate of drug-likeness (QED) is 0.905. The predicted molar refractivity (Wildman–Crippen MR) is 99.7 cm³/mol. The number of rotatable bonds is 3. The van der Waals surface area contributed by atoms with Crippen molar-refractivity contribution >= 4 is 12.1 Å². The summed E-state index contributed by atoms with van der Waals surface area (Å²) in [6, 6.07) is 10.6. The van der Waals surface area contributed by atoms with Gasteiger partial charge in [0, 0.05) is 38.8 Å². The second-order valence-corrected chi connectivity index (χ2v) is 7.66. The van der Waals surface area contributed by atoms with E-state index in [0.717, 1.165) is 24.9 Å². The number of nitrogens with one attached hydrogen (secondary N) is 1. The molecule has 2 saturated heterocycles. The molecule has 26 heavy (non-hydrogen) atoms. The van der Waals surface area contributed by atoms with E-state index in [0.29, 0.717) is 32.2 Å². The minimum absolute atomic E-state index is 0.0305. The van der Waals surface area contributed by atoms with Gasteiger partial charge in [-0.3, -0.25) is 0 Å². The molecule has 6 heteroatoms. The lowest BCUT2D eigenvalue weighted by Crippen LogP contribution is -2.55. The smallest absolute Gasteiger partial charge is 0.320 e. The summed E-state index contributed by atoms with van der Waals surface area (Å²) >= 11 is 0. The van der Waals surface area contributed by atoms with Crippen molar-refractivity contribution in [3.05, 3.63) is 35.9 Å². The topological polar surface area (TPSA) is 55.9 Å². The molecule has 0 radical (unpaired) electrons. The molecule has 0 aromatic heterocycles. The highest BCUT2D eigenvalue weighted by Crippen LogP contribution is 2.29. The van der Waals surface area contributed by atoms with Crippen molar-refractivity contribution in [1.82, 2.24) is 20.0 Å². The number of piperazine rings is 1. The average molecular weight is 356 g/mol. The second-order valence-electron chi connectivity index (χ2n) is 7.66. The fourth-order valence-corrected chi connectivity index (χ4v) is 4.50. The van der Waals surface area contributed by atoms with Crippen LogP contribution in [0.2, 0.25) is 0 Å². The van der Waals surface area contributed by atoms with E-state index in [1.54, 1.807) is 0 Å². The molecule has 1 aromatic rings. The average Bonchev–Trinajstić information content (AvgIpc) is 3.03. The van der Waals surface area contributed by atoms with E-state index >= 15 is 0 Å². The molecular weight excluding hydrogens is 328 g/mol. The SMILES string of the molecule is O=C(NCc1ccccc1)N1CCN2C(=O)N(C3CCCCC3)C[C@H]2C1. The highest BCUT2D eigenvalue weighted by molar-refractivity contribution is 5.79. The zero-order valence-corrected chi connectivity index (χ0v) is 15.3. The molecule has 140 valence electrons. The van der Waals surface area contributed by atoms with Crippen LogP contribution in [0.15, 0.2) is 30.3 Å². The van der Waals surface area contributed by atoms with Crippen LogP contribution >= 0.6 is 0 Å². The molecule has 4 amide bonds. The molecule has 4 rings (SSSR count). The van der Waals surface area contributed by atoms with E-state index in [-0.39, 0.29) is 18.1 Å². The summed E-state index contributed by atoms with van der Waals surface area (Å²) in [5.74, 6) is 0. The minimum atomic E-state index is -0.0305. The molecule has 0 unspecified atom stereocenters. The Morgan fingerprint density at radius 1 is 0.962 bits per heavy atom. The van der Waals surface area contributed by atoms with E-state index in [9.17, 15) is 9.59 Å². The summed E-state index contributed by atoms with van der Waals surface area (Å²) in [6.45, 7) is 3.20. The minimum Gasteiger partial charge on any atom is -0.334 e. The van der Waals surface area contributed by atoms with Gasteiger partial charge in [-0.2, -0.15) is 0 Å². The Labute approximate surface area is 155 Å². The lowest BCUT2D eigenvalue weighted by molar-refractivity contribution is 0.128. The first-order valence-corrected chi connectivity index (χ1v) is 9.86. The predicted octanol–water partition coefficient (Wildman–Crippen LogP) is 2.65. The molecule has 0 bridgehead atoms. The summed E-state index contributed by atoms with van der Waals surface area (Å²) in [4.78, 5) is 31.2. The van der Waals surface area contributed by atoms with Gasteiger partial charge in [0.25, 0.3) is 0 Å². The largest absolute Gasteiger partial charge is 0.334 e. The molecular formula is C20H28N4O2. The van der Waals surface area contributed by atoms with E-state index in [4.69, 9.17) is 0 Å². The van der Waals surface area contributed by atoms with Gasteiger partial charge in [-0.15, -0.1) is 0 Å². The van der Waals surface area contributed by atoms with Crippen molar-refractivity contribution in [2.45, 2.75) is 50.7 Å². The van der Waals surface area contributed by atoms with Crippen molar-refractivity contribution in [1.29, 1.82) is 0 Å². The number of urea groups is 2. The molecule has 1 N–H and O–H groups in total. The summed E-state index contributed by atoms with van der Waals surface area (Å²) < 4.78 is 0. The number of carbonyl (C=O) groups is 2. The number of amides is 4. The molecule has 3 fully saturated rings. The highest BCUT2D eigenvalue weighted by Gasteiger charge is 2.43. The summed E-state index contributed by atoms with van der Waals surface area (Å²) in [5, 5.41) is 3.00. The first-order chi connectivity index (χ1) is 12.7. The Kier molecular flexibility index (Phi) is 5.00. The number of hydrogen-bond acceptors (Lipinski definition) is 2. The third kappa shape index (κ3) is 3.50. The van der Waals surface area contributed by atoms with Crippen LogP contribution in [-0.2, 0) is 6.54 Å². The van der Waals surface area contributed by atoms with E-state index < -0.39 is 0 Å². The van der Waals surface area contributed by atoms with Gasteiger partial charge in [-0.1, -0.05) is 49.6 Å². The zero-order valence-electron chi connectivity index (χ0n) is 15.3. The number of benzene rings is 1. The van der Waals surface area contributed by atoms with E-state index in [1.807, 2.05) is 40.1 Å². The lowest BCUT2D eigenvalue weighted by Gasteiger charge is -2.36. The van der Waals surface area contributed by atoms with Crippen LogP contribution in [0.25, 0.3) is 0 Å². The lowest BCUT2D eigenvalue weighted by atomic mass is 9.94. The first kappa shape index (κ1) is 17.2. The first-order valence-electron chi connectivity index (χ1n) is 9.86. The van der Waals surface area contributed by atoms with Crippen molar-refractivity contribution in [3.8, 4) is 0 Å². The van der Waals surface area contributed by atoms with Gasteiger partial charge in [0.05, 0.1) is 6.04 Å². The standard InChI is InChI=1S/C20H28N4O2/c25-19(21-13-16-7-3-1-4-8-16)22-11-12-23-18(14-22)15-24(20(23)26)17-9-5-2-6-10-17/h1,3-4,7-8,17-18H,2,5-6,9-15H2,(H,21,25)/t18-/m1/s1. The van der Waals surface area contributed by atoms with Gasteiger partial charge in [-0.25, -0.2) is 9.59 Å². The maximum Gasteiger partial charge on any atom is 0.320 e. The van der Waals surface area contributed by atoms with Gasteiger partial charge in [-0.05, 0) is 18.4 Å². The molecule has 2 heterocycles. The van der Waals surface area contributed by atoms with Crippen molar-refractivity contribution in [2.24, 2.45) is 0 Å². The van der Waals surface area contributed by atoms with Gasteiger partial charge >= 0.3 is 12.1 Å². The van der Waals surface area contributed by atoms with Gasteiger partial charge < -0.3 is 20.0 Å². The number of nitrogens with zero attached hydrogens (tertiary/aromatic N) is 3. The van der Waals surface area contributed by atoms with Gasteiger partial charge in [0.15, 0.2) is 0 Å². The Hall–Kier alpha value is -2.24. The molecule has 1 saturated carbocycles. The summed E-state index contributed by atoms with van der Waals surface area (Å²) in [6.07, 6.45) is 6.02. The number of hydrogen-bond donors (Lipinski definition) is 1. The Morgan fingerprint density at radius 2 is 1.73 bits per heavy atom. The zero-order chi connectivity index (χ0) is 17.9. The van der Waals surface area contributed by atoms with Crippen LogP contribution in [0.3, 0.4) is 0 Å². The summed E-state index contributed by atoms with van der Waals surface area (Å²) in [5.41, 5.74) is 1.10. The molecule has 1 aromatic carbocycles. The normalized spacial score (nSPS) is 23.9. The van der Waals surface area contributed by atoms with Crippen molar-refractivity contribution in [2.75, 3.05) is 26.2 Å². The maximum absolute atomic E-state index is 12.8. The fourth-order valence-electron chi connectivity index (χ4n) is 4.50. The van der Waals surface area contributed by atoms with Crippen molar-refractivity contribution < 1.29 is 9.59 Å². The van der Waals surface area contributed by atoms with E-state index in [2.05, 4.69) is 10.2 Å². The van der Waals surface area contributed by atoms with Crippen molar-refractivity contribution in [3.63, 3.8) is 0 Å². The molecule has 1 aliphatic carbocycles. The van der Waals surface area contributed by atoms with Crippen LogP contribution in [0.1, 0.15) is 37.7 Å². The fraction of sp³-hybridized carbons (Fsp3) is 0.600. The molecule has 6 nitrogen and oxygen atoms in total. The second kappa shape index (κ2) is 7.56. The Bertz CT molecular complexity index is 644. The monoisotopic (exact) mass is 356 g/mol. The van der Waals surface area contributed by atoms with Crippen LogP contribution in [-0.4, -0.2) is 65.0 Å². The summed E-state index contributed by atoms with van der Waals surface area (Å²) in [7, 11) is 0. The third-order valence-electron chi connectivity index (χ3n) is 5.97. The molecule has 3 aliphatic rings. The highest BCUT2D eigenvalue weighted by atomic mass is 16.2. The Morgan fingerprint density at radius 3 is 2.50 bits per heavy atom. The van der Waals surface area contributed by atoms with Crippen LogP contribution in [0, 0.1) is 0 Å². The third-order valence-corrected chi connectivity index (χ3v) is 5.97. The van der Waals surface area contributed by atoms with E-state index in [1.165, 1.54) is 19.3 Å². The maximum atomic E-state index is 12.8. The molecule has 0 spiro atoms. The Balaban J connectivity index is 1.32. The number of carbonyl (C=O) groups excluding carboxylic acids is 2. The van der Waals surface area contributed by atoms with Crippen LogP contribution < -0.4 is 5.32 Å². The molecule has 1 atom stereocenters. The number of fused-ring (bicyclic) bond motifs is 1. The van der Waals surface area contributed by atoms with Crippen LogP contribution in [0.4, 0.5) is 9.59 Å².